The third-order valence-corrected chi connectivity index (χ3v) is 8.76. The maximum Gasteiger partial charge on any atom is 0.573 e. The Balaban J connectivity index is 1.27. The summed E-state index contributed by atoms with van der Waals surface area (Å²) < 4.78 is 44.8. The Morgan fingerprint density at radius 1 is 0.978 bits per heavy atom. The van der Waals surface area contributed by atoms with Crippen molar-refractivity contribution in [3.05, 3.63) is 106 Å². The topological polar surface area (TPSA) is 86.3 Å². The number of benzene rings is 3. The van der Waals surface area contributed by atoms with Gasteiger partial charge in [-0.1, -0.05) is 57.2 Å². The smallest absolute Gasteiger partial charge is 0.406 e. The molecule has 12 heteroatoms. The third-order valence-electron chi connectivity index (χ3n) is 7.82. The highest BCUT2D eigenvalue weighted by Gasteiger charge is 2.31. The molecule has 2 amide bonds. The second-order valence-corrected chi connectivity index (χ2v) is 12.3. The zero-order chi connectivity index (χ0) is 33.2. The van der Waals surface area contributed by atoms with Crippen molar-refractivity contribution in [3.8, 4) is 28.5 Å². The van der Waals surface area contributed by atoms with Gasteiger partial charge in [0.1, 0.15) is 12.1 Å². The summed E-state index contributed by atoms with van der Waals surface area (Å²) in [6, 6.07) is 18.7. The number of aryl methyl sites for hydroxylation is 2. The van der Waals surface area contributed by atoms with Crippen LogP contribution in [-0.4, -0.2) is 37.8 Å². The van der Waals surface area contributed by atoms with Gasteiger partial charge in [0, 0.05) is 28.6 Å². The molecule has 0 radical (unpaired) electrons. The largest absolute Gasteiger partial charge is 0.573 e. The quantitative estimate of drug-likeness (QED) is 0.184. The summed E-state index contributed by atoms with van der Waals surface area (Å²) in [6.45, 7) is 12.4. The van der Waals surface area contributed by atoms with Gasteiger partial charge in [-0.3, -0.25) is 4.57 Å². The summed E-state index contributed by atoms with van der Waals surface area (Å²) in [6.07, 6.45) is -3.26. The minimum absolute atomic E-state index is 0.0161. The van der Waals surface area contributed by atoms with E-state index in [1.165, 1.54) is 57.7 Å². The lowest BCUT2D eigenvalue weighted by Crippen LogP contribution is -2.35. The van der Waals surface area contributed by atoms with Gasteiger partial charge < -0.3 is 10.1 Å². The second kappa shape index (κ2) is 13.3. The predicted molar refractivity (Wildman–Crippen MR) is 173 cm³/mol. The van der Waals surface area contributed by atoms with E-state index in [4.69, 9.17) is 0 Å². The Morgan fingerprint density at radius 2 is 1.67 bits per heavy atom. The SMILES string of the molecule is Cc1cccc(-n2c(C)csc2=NC(=O)NC(C)C(C)c2ccc(-c3ncn(-c4ccc(OC(F)(F)F)cc4)n3)cc2)c1C(C)C. The minimum atomic E-state index is -4.75. The number of rotatable bonds is 8. The summed E-state index contributed by atoms with van der Waals surface area (Å²) in [7, 11) is 0. The maximum atomic E-state index is 13.1. The number of amides is 2. The fourth-order valence-corrected chi connectivity index (χ4v) is 6.22. The van der Waals surface area contributed by atoms with Crippen molar-refractivity contribution in [2.75, 3.05) is 0 Å². The first kappa shape index (κ1) is 32.7. The van der Waals surface area contributed by atoms with Crippen molar-refractivity contribution in [1.29, 1.82) is 0 Å². The first-order valence-electron chi connectivity index (χ1n) is 14.8. The average molecular weight is 649 g/mol. The predicted octanol–water partition coefficient (Wildman–Crippen LogP) is 8.23. The number of thiazole rings is 1. The van der Waals surface area contributed by atoms with Crippen molar-refractivity contribution < 1.29 is 22.7 Å². The van der Waals surface area contributed by atoms with Gasteiger partial charge in [-0.15, -0.1) is 29.6 Å². The average Bonchev–Trinajstić information content (AvgIpc) is 3.63. The number of aromatic nitrogens is 4. The molecule has 2 heterocycles. The lowest BCUT2D eigenvalue weighted by Gasteiger charge is -2.21. The van der Waals surface area contributed by atoms with Crippen LogP contribution in [0.15, 0.2) is 83.4 Å². The van der Waals surface area contributed by atoms with E-state index >= 15 is 0 Å². The number of carbonyl (C=O) groups excluding carboxylic acids is 1. The zero-order valence-electron chi connectivity index (χ0n) is 26.3. The van der Waals surface area contributed by atoms with Crippen LogP contribution in [0.2, 0.25) is 0 Å². The highest BCUT2D eigenvalue weighted by molar-refractivity contribution is 7.07. The van der Waals surface area contributed by atoms with Crippen LogP contribution in [-0.2, 0) is 0 Å². The highest BCUT2D eigenvalue weighted by Crippen LogP contribution is 2.28. The van der Waals surface area contributed by atoms with Gasteiger partial charge in [0.25, 0.3) is 0 Å². The van der Waals surface area contributed by atoms with E-state index in [0.29, 0.717) is 22.2 Å². The Bertz CT molecular complexity index is 1890. The molecule has 3 aromatic carbocycles. The van der Waals surface area contributed by atoms with Crippen molar-refractivity contribution in [3.63, 3.8) is 0 Å². The van der Waals surface area contributed by atoms with Crippen LogP contribution in [0.4, 0.5) is 18.0 Å². The van der Waals surface area contributed by atoms with Gasteiger partial charge in [0.05, 0.1) is 11.4 Å². The molecule has 0 aliphatic rings. The fourth-order valence-electron chi connectivity index (χ4n) is 5.36. The molecule has 2 atom stereocenters. The molecule has 5 rings (SSSR count). The molecule has 0 fully saturated rings. The number of alkyl halides is 3. The first-order valence-corrected chi connectivity index (χ1v) is 15.7. The third kappa shape index (κ3) is 7.39. The minimum Gasteiger partial charge on any atom is -0.406 e. The van der Waals surface area contributed by atoms with Crippen LogP contribution in [0, 0.1) is 13.8 Å². The lowest BCUT2D eigenvalue weighted by molar-refractivity contribution is -0.274. The van der Waals surface area contributed by atoms with E-state index in [1.54, 1.807) is 0 Å². The number of nitrogens with one attached hydrogen (secondary N) is 1. The van der Waals surface area contributed by atoms with E-state index < -0.39 is 12.4 Å². The van der Waals surface area contributed by atoms with Gasteiger partial charge in [-0.2, -0.15) is 4.99 Å². The molecule has 2 aromatic heterocycles. The number of ether oxygens (including phenoxy) is 1. The van der Waals surface area contributed by atoms with Gasteiger partial charge in [0.2, 0.25) is 0 Å². The molecular weight excluding hydrogens is 613 g/mol. The van der Waals surface area contributed by atoms with E-state index in [9.17, 15) is 18.0 Å². The molecule has 1 N–H and O–H groups in total. The van der Waals surface area contributed by atoms with E-state index in [2.05, 4.69) is 58.0 Å². The zero-order valence-corrected chi connectivity index (χ0v) is 27.1. The van der Waals surface area contributed by atoms with Crippen LogP contribution in [0.3, 0.4) is 0 Å². The summed E-state index contributed by atoms with van der Waals surface area (Å²) in [5.41, 5.74) is 6.80. The monoisotopic (exact) mass is 648 g/mol. The highest BCUT2D eigenvalue weighted by atomic mass is 32.1. The van der Waals surface area contributed by atoms with Crippen molar-refractivity contribution in [1.82, 2.24) is 24.6 Å². The molecule has 0 saturated carbocycles. The van der Waals surface area contributed by atoms with E-state index in [-0.39, 0.29) is 17.7 Å². The van der Waals surface area contributed by atoms with Gasteiger partial charge in [-0.25, -0.2) is 14.5 Å². The number of nitrogens with zero attached hydrogens (tertiary/aromatic N) is 5. The molecule has 46 heavy (non-hydrogen) atoms. The van der Waals surface area contributed by atoms with Gasteiger partial charge in [0.15, 0.2) is 10.6 Å². The number of urea groups is 1. The number of hydrogen-bond donors (Lipinski definition) is 1. The van der Waals surface area contributed by atoms with Crippen LogP contribution in [0.5, 0.6) is 5.75 Å². The fraction of sp³-hybridized carbons (Fsp3) is 0.294. The Kier molecular flexibility index (Phi) is 9.47. The van der Waals surface area contributed by atoms with E-state index in [0.717, 1.165) is 22.5 Å². The summed E-state index contributed by atoms with van der Waals surface area (Å²) in [5.74, 6) is 0.445. The summed E-state index contributed by atoms with van der Waals surface area (Å²) in [5, 5.41) is 9.51. The van der Waals surface area contributed by atoms with Crippen molar-refractivity contribution >= 4 is 17.4 Å². The Labute approximate surface area is 269 Å². The van der Waals surface area contributed by atoms with Crippen LogP contribution < -0.4 is 14.9 Å². The number of halogens is 3. The summed E-state index contributed by atoms with van der Waals surface area (Å²) >= 11 is 1.44. The molecule has 0 spiro atoms. The molecule has 0 aliphatic heterocycles. The summed E-state index contributed by atoms with van der Waals surface area (Å²) in [4.78, 5) is 22.5. The molecule has 0 bridgehead atoms. The Hall–Kier alpha value is -4.71. The van der Waals surface area contributed by atoms with Crippen LogP contribution in [0.1, 0.15) is 61.9 Å². The molecule has 8 nitrogen and oxygen atoms in total. The number of carbonyl (C=O) groups is 1. The Morgan fingerprint density at radius 3 is 2.33 bits per heavy atom. The van der Waals surface area contributed by atoms with Crippen LogP contribution in [0.25, 0.3) is 22.8 Å². The molecule has 0 saturated heterocycles. The molecular formula is C34H35F3N6O2S. The standard InChI is InChI=1S/C34H35F3N6O2S/c1-20(2)30-21(3)8-7-9-29(30)43-22(4)18-46-33(43)40-32(44)39-24(6)23(5)25-10-12-26(13-11-25)31-38-19-42(41-31)27-14-16-28(17-15-27)45-34(35,36)37/h7-20,23-24H,1-6H3,(H,39,44). The molecule has 2 unspecified atom stereocenters. The maximum absolute atomic E-state index is 13.1. The van der Waals surface area contributed by atoms with Gasteiger partial charge >= 0.3 is 12.4 Å². The first-order chi connectivity index (χ1) is 21.8. The normalized spacial score (nSPS) is 13.6. The second-order valence-electron chi connectivity index (χ2n) is 11.5. The molecule has 5 aromatic rings. The van der Waals surface area contributed by atoms with Crippen molar-refractivity contribution in [2.45, 2.75) is 65.8 Å². The molecule has 240 valence electrons. The van der Waals surface area contributed by atoms with E-state index in [1.807, 2.05) is 61.1 Å². The van der Waals surface area contributed by atoms with Crippen molar-refractivity contribution in [2.24, 2.45) is 4.99 Å². The van der Waals surface area contributed by atoms with Crippen LogP contribution >= 0.6 is 11.3 Å². The molecule has 0 aliphatic carbocycles. The number of hydrogen-bond acceptors (Lipinski definition) is 5. The van der Waals surface area contributed by atoms with Gasteiger partial charge in [-0.05, 0) is 73.7 Å². The lowest BCUT2D eigenvalue weighted by atomic mass is 9.93.